The molecule has 0 aliphatic carbocycles. The number of rotatable bonds is 1. The monoisotopic (exact) mass is 265 g/mol. The van der Waals surface area contributed by atoms with Crippen molar-refractivity contribution >= 4 is 39.3 Å². The van der Waals surface area contributed by atoms with Crippen molar-refractivity contribution in [1.29, 1.82) is 0 Å². The summed E-state index contributed by atoms with van der Waals surface area (Å²) in [7, 11) is 0. The average molecular weight is 265 g/mol. The quantitative estimate of drug-likeness (QED) is 0.672. The van der Waals surface area contributed by atoms with Gasteiger partial charge >= 0.3 is 0 Å². The maximum Gasteiger partial charge on any atom is 0.0388 e. The maximum atomic E-state index is 6.02. The Bertz CT molecular complexity index is 843. The fourth-order valence-electron chi connectivity index (χ4n) is 2.27. The molecule has 0 saturated carbocycles. The van der Waals surface area contributed by atoms with Gasteiger partial charge in [-0.1, -0.05) is 42.5 Å². The molecule has 2 heteroatoms. The lowest BCUT2D eigenvalue weighted by Crippen LogP contribution is -2.18. The lowest BCUT2D eigenvalue weighted by Gasteiger charge is -1.97. The van der Waals surface area contributed by atoms with E-state index in [1.165, 1.54) is 19.8 Å². The summed E-state index contributed by atoms with van der Waals surface area (Å²) in [6.45, 7) is 2.08. The van der Waals surface area contributed by atoms with E-state index in [0.29, 0.717) is 0 Å². The first-order chi connectivity index (χ1) is 9.29. The van der Waals surface area contributed by atoms with E-state index in [-0.39, 0.29) is 0 Å². The van der Waals surface area contributed by atoms with Crippen molar-refractivity contribution in [2.24, 2.45) is 0 Å². The van der Waals surface area contributed by atoms with E-state index in [9.17, 15) is 0 Å². The molecule has 1 aromatic heterocycles. The molecule has 1 heterocycles. The molecule has 0 spiro atoms. The molecule has 1 nitrogen and oxygen atoms in total. The minimum absolute atomic E-state index is 0.821. The first-order valence-electron chi connectivity index (χ1n) is 6.29. The van der Waals surface area contributed by atoms with Gasteiger partial charge in [-0.2, -0.15) is 0 Å². The van der Waals surface area contributed by atoms with Gasteiger partial charge in [-0.25, -0.2) is 0 Å². The second-order valence-electron chi connectivity index (χ2n) is 4.44. The highest BCUT2D eigenvalue weighted by molar-refractivity contribution is 7.17. The van der Waals surface area contributed by atoms with Crippen LogP contribution < -0.4 is 15.5 Å². The molecule has 0 fully saturated rings. The molecule has 0 radical (unpaired) electrons. The lowest BCUT2D eigenvalue weighted by molar-refractivity contribution is 1.62. The van der Waals surface area contributed by atoms with Gasteiger partial charge in [-0.15, -0.1) is 11.3 Å². The number of benzene rings is 2. The molecule has 0 bridgehead atoms. The number of thiophene rings is 1. The number of fused-ring (bicyclic) bond motifs is 1. The Labute approximate surface area is 116 Å². The van der Waals surface area contributed by atoms with Crippen molar-refractivity contribution < 1.29 is 0 Å². The summed E-state index contributed by atoms with van der Waals surface area (Å²) < 4.78 is 2.58. The minimum Gasteiger partial charge on any atom is -0.398 e. The molecule has 0 aliphatic heterocycles. The highest BCUT2D eigenvalue weighted by Crippen LogP contribution is 2.14. The molecular weight excluding hydrogens is 250 g/mol. The van der Waals surface area contributed by atoms with E-state index in [1.54, 1.807) is 0 Å². The largest absolute Gasteiger partial charge is 0.398 e. The fourth-order valence-corrected chi connectivity index (χ4v) is 3.47. The third-order valence-electron chi connectivity index (χ3n) is 3.23. The molecular formula is C17H15NS. The van der Waals surface area contributed by atoms with Crippen LogP contribution >= 0.6 is 11.3 Å². The molecule has 19 heavy (non-hydrogen) atoms. The van der Waals surface area contributed by atoms with E-state index in [0.717, 1.165) is 11.3 Å². The van der Waals surface area contributed by atoms with Gasteiger partial charge in [-0.3, -0.25) is 0 Å². The molecule has 0 amide bonds. The summed E-state index contributed by atoms with van der Waals surface area (Å²) in [5, 5.41) is 2.61. The molecule has 94 valence electrons. The predicted octanol–water partition coefficient (Wildman–Crippen LogP) is 3.11. The molecule has 0 unspecified atom stereocenters. The summed E-state index contributed by atoms with van der Waals surface area (Å²) in [4.78, 5) is 0. The molecule has 0 atom stereocenters. The van der Waals surface area contributed by atoms with Crippen molar-refractivity contribution in [1.82, 2.24) is 0 Å². The van der Waals surface area contributed by atoms with E-state index < -0.39 is 0 Å². The highest BCUT2D eigenvalue weighted by Gasteiger charge is 2.00. The zero-order valence-electron chi connectivity index (χ0n) is 10.8. The fraction of sp³-hybridized carbons (Fsp3) is 0.0588. The Kier molecular flexibility index (Phi) is 3.10. The maximum absolute atomic E-state index is 6.02. The predicted molar refractivity (Wildman–Crippen MR) is 85.6 cm³/mol. The van der Waals surface area contributed by atoms with Gasteiger partial charge in [0.1, 0.15) is 0 Å². The van der Waals surface area contributed by atoms with Crippen LogP contribution in [0.25, 0.3) is 22.2 Å². The summed E-state index contributed by atoms with van der Waals surface area (Å²) in [5.41, 5.74) is 7.92. The number of nitrogens with two attached hydrogens (primary N) is 1. The van der Waals surface area contributed by atoms with Gasteiger partial charge in [-0.05, 0) is 41.3 Å². The van der Waals surface area contributed by atoms with E-state index in [4.69, 9.17) is 5.73 Å². The number of para-hydroxylation sites is 1. The summed E-state index contributed by atoms with van der Waals surface area (Å²) in [5.74, 6) is 0. The van der Waals surface area contributed by atoms with Crippen LogP contribution in [0.3, 0.4) is 0 Å². The number of anilines is 1. The molecule has 0 aliphatic rings. The van der Waals surface area contributed by atoms with Crippen molar-refractivity contribution in [2.45, 2.75) is 6.92 Å². The second kappa shape index (κ2) is 4.90. The van der Waals surface area contributed by atoms with Gasteiger partial charge in [0.25, 0.3) is 0 Å². The Balaban J connectivity index is 2.35. The topological polar surface area (TPSA) is 26.0 Å². The van der Waals surface area contributed by atoms with Gasteiger partial charge in [0.15, 0.2) is 0 Å². The van der Waals surface area contributed by atoms with Gasteiger partial charge in [0.05, 0.1) is 0 Å². The zero-order chi connectivity index (χ0) is 13.2. The smallest absolute Gasteiger partial charge is 0.0388 e. The first kappa shape index (κ1) is 12.0. The normalized spacial score (nSPS) is 13.3. The van der Waals surface area contributed by atoms with Crippen molar-refractivity contribution in [2.75, 3.05) is 5.73 Å². The summed E-state index contributed by atoms with van der Waals surface area (Å²) >= 11 is 1.81. The molecule has 3 rings (SSSR count). The van der Waals surface area contributed by atoms with Crippen molar-refractivity contribution in [3.8, 4) is 0 Å². The van der Waals surface area contributed by atoms with Crippen LogP contribution in [-0.4, -0.2) is 0 Å². The Hall–Kier alpha value is -2.06. The Morgan fingerprint density at radius 3 is 2.53 bits per heavy atom. The highest BCUT2D eigenvalue weighted by atomic mass is 32.1. The van der Waals surface area contributed by atoms with Crippen molar-refractivity contribution in [3.05, 3.63) is 63.8 Å². The van der Waals surface area contributed by atoms with Gasteiger partial charge < -0.3 is 5.73 Å². The third kappa shape index (κ3) is 2.15. The number of hydrogen-bond donors (Lipinski definition) is 1. The van der Waals surface area contributed by atoms with Crippen LogP contribution in [0.2, 0.25) is 0 Å². The Morgan fingerprint density at radius 2 is 1.74 bits per heavy atom. The molecule has 3 aromatic rings. The molecule has 0 saturated heterocycles. The SMILES string of the molecule is C/C=c1\c(=C\c2ccccc2N)sc2ccccc12. The van der Waals surface area contributed by atoms with Crippen LogP contribution in [0.1, 0.15) is 12.5 Å². The number of nitrogen functional groups attached to an aromatic ring is 1. The summed E-state index contributed by atoms with van der Waals surface area (Å²) in [6.07, 6.45) is 4.35. The van der Waals surface area contributed by atoms with Crippen molar-refractivity contribution in [3.63, 3.8) is 0 Å². The lowest BCUT2D eigenvalue weighted by atomic mass is 10.1. The first-order valence-corrected chi connectivity index (χ1v) is 7.11. The van der Waals surface area contributed by atoms with Gasteiger partial charge in [0, 0.05) is 14.9 Å². The molecule has 2 N–H and O–H groups in total. The standard InChI is InChI=1S/C17H15NS/c1-2-13-14-8-4-6-10-16(14)19-17(13)11-12-7-3-5-9-15(12)18/h2-11H,18H2,1H3/b13-2-,17-11-. The average Bonchev–Trinajstić information content (AvgIpc) is 2.78. The number of hydrogen-bond acceptors (Lipinski definition) is 2. The van der Waals surface area contributed by atoms with E-state index in [1.807, 2.05) is 29.5 Å². The van der Waals surface area contributed by atoms with E-state index >= 15 is 0 Å². The molecule has 2 aromatic carbocycles. The van der Waals surface area contributed by atoms with Crippen LogP contribution in [-0.2, 0) is 0 Å². The third-order valence-corrected chi connectivity index (χ3v) is 4.37. The van der Waals surface area contributed by atoms with Gasteiger partial charge in [0.2, 0.25) is 0 Å². The van der Waals surface area contributed by atoms with Crippen LogP contribution in [0.5, 0.6) is 0 Å². The van der Waals surface area contributed by atoms with E-state index in [2.05, 4.69) is 49.4 Å². The zero-order valence-corrected chi connectivity index (χ0v) is 11.6. The van der Waals surface area contributed by atoms with Crippen LogP contribution in [0.4, 0.5) is 5.69 Å². The van der Waals surface area contributed by atoms with Crippen LogP contribution in [0, 0.1) is 0 Å². The Morgan fingerprint density at radius 1 is 1.00 bits per heavy atom. The second-order valence-corrected chi connectivity index (χ2v) is 5.52. The summed E-state index contributed by atoms with van der Waals surface area (Å²) in [6, 6.07) is 16.5. The minimum atomic E-state index is 0.821. The van der Waals surface area contributed by atoms with Crippen LogP contribution in [0.15, 0.2) is 48.5 Å².